The molecule has 0 aliphatic heterocycles. The Hall–Kier alpha value is -1.66. The molecule has 0 aliphatic rings. The molecule has 21 heavy (non-hydrogen) atoms. The van der Waals surface area contributed by atoms with Crippen LogP contribution >= 0.6 is 15.9 Å². The molecule has 0 saturated heterocycles. The Morgan fingerprint density at radius 1 is 1.14 bits per heavy atom. The minimum Gasteiger partial charge on any atom is -0.200 e. The molecule has 1 N–H and O–H groups in total. The fourth-order valence-corrected chi connectivity index (χ4v) is 3.34. The zero-order valence-electron chi connectivity index (χ0n) is 11.7. The van der Waals surface area contributed by atoms with E-state index < -0.39 is 10.0 Å². The van der Waals surface area contributed by atoms with Crippen LogP contribution in [0.4, 0.5) is 0 Å². The Morgan fingerprint density at radius 3 is 2.62 bits per heavy atom. The van der Waals surface area contributed by atoms with E-state index in [9.17, 15) is 8.42 Å². The Balaban J connectivity index is 2.20. The van der Waals surface area contributed by atoms with Crippen molar-refractivity contribution in [1.29, 1.82) is 0 Å². The average Bonchev–Trinajstić information content (AvgIpc) is 2.41. The topological polar surface area (TPSA) is 58.5 Å². The second kappa shape index (κ2) is 6.41. The number of nitrogens with one attached hydrogen (secondary N) is 1. The van der Waals surface area contributed by atoms with Crippen molar-refractivity contribution in [1.82, 2.24) is 4.83 Å². The van der Waals surface area contributed by atoms with Crippen LogP contribution in [-0.4, -0.2) is 14.6 Å². The molecular weight excluding hydrogens is 352 g/mol. The number of rotatable bonds is 4. The molecule has 0 radical (unpaired) electrons. The van der Waals surface area contributed by atoms with E-state index in [0.29, 0.717) is 5.56 Å². The molecule has 0 unspecified atom stereocenters. The quantitative estimate of drug-likeness (QED) is 0.665. The lowest BCUT2D eigenvalue weighted by molar-refractivity contribution is 0.584. The van der Waals surface area contributed by atoms with E-state index in [2.05, 4.69) is 25.9 Å². The van der Waals surface area contributed by atoms with Crippen LogP contribution in [0, 0.1) is 13.8 Å². The van der Waals surface area contributed by atoms with E-state index in [-0.39, 0.29) is 4.90 Å². The molecular formula is C15H15BrN2O2S. The first kappa shape index (κ1) is 15.7. The van der Waals surface area contributed by atoms with E-state index in [1.54, 1.807) is 19.1 Å². The molecule has 0 heterocycles. The monoisotopic (exact) mass is 366 g/mol. The summed E-state index contributed by atoms with van der Waals surface area (Å²) in [5, 5.41) is 3.82. The van der Waals surface area contributed by atoms with Crippen LogP contribution in [0.2, 0.25) is 0 Å². The summed E-state index contributed by atoms with van der Waals surface area (Å²) in [6.45, 7) is 3.61. The molecule has 0 aliphatic carbocycles. The highest BCUT2D eigenvalue weighted by atomic mass is 79.9. The lowest BCUT2D eigenvalue weighted by Gasteiger charge is -2.07. The van der Waals surface area contributed by atoms with Gasteiger partial charge >= 0.3 is 0 Å². The summed E-state index contributed by atoms with van der Waals surface area (Å²) in [5.74, 6) is 0. The van der Waals surface area contributed by atoms with Gasteiger partial charge < -0.3 is 0 Å². The van der Waals surface area contributed by atoms with Crippen molar-refractivity contribution in [3.8, 4) is 0 Å². The predicted octanol–water partition coefficient (Wildman–Crippen LogP) is 3.38. The molecule has 0 spiro atoms. The van der Waals surface area contributed by atoms with Gasteiger partial charge in [0.1, 0.15) is 0 Å². The fraction of sp³-hybridized carbons (Fsp3) is 0.133. The maximum Gasteiger partial charge on any atom is 0.276 e. The van der Waals surface area contributed by atoms with Crippen LogP contribution in [0.3, 0.4) is 0 Å². The van der Waals surface area contributed by atoms with Gasteiger partial charge in [0, 0.05) is 4.47 Å². The maximum absolute atomic E-state index is 12.2. The molecule has 6 heteroatoms. The first-order valence-electron chi connectivity index (χ1n) is 6.26. The molecule has 0 bridgehead atoms. The summed E-state index contributed by atoms with van der Waals surface area (Å²) in [5.41, 5.74) is 2.37. The van der Waals surface area contributed by atoms with Gasteiger partial charge in [0.05, 0.1) is 11.1 Å². The smallest absolute Gasteiger partial charge is 0.200 e. The first-order chi connectivity index (χ1) is 9.88. The number of benzene rings is 2. The number of hydrogen-bond donors (Lipinski definition) is 1. The molecule has 0 fully saturated rings. The van der Waals surface area contributed by atoms with E-state index in [0.717, 1.165) is 15.6 Å². The molecule has 0 amide bonds. The van der Waals surface area contributed by atoms with E-state index in [1.165, 1.54) is 6.21 Å². The summed E-state index contributed by atoms with van der Waals surface area (Å²) < 4.78 is 25.4. The van der Waals surface area contributed by atoms with Crippen molar-refractivity contribution in [2.45, 2.75) is 18.7 Å². The second-order valence-electron chi connectivity index (χ2n) is 4.68. The number of hydrazone groups is 1. The van der Waals surface area contributed by atoms with Gasteiger partial charge in [0.15, 0.2) is 0 Å². The first-order valence-corrected chi connectivity index (χ1v) is 8.54. The van der Waals surface area contributed by atoms with Gasteiger partial charge in [0.2, 0.25) is 0 Å². The summed E-state index contributed by atoms with van der Waals surface area (Å²) in [6.07, 6.45) is 1.47. The summed E-state index contributed by atoms with van der Waals surface area (Å²) >= 11 is 3.35. The number of hydrogen-bond acceptors (Lipinski definition) is 3. The van der Waals surface area contributed by atoms with Crippen molar-refractivity contribution in [3.63, 3.8) is 0 Å². The normalized spacial score (nSPS) is 11.8. The largest absolute Gasteiger partial charge is 0.276 e. The van der Waals surface area contributed by atoms with Gasteiger partial charge in [-0.1, -0.05) is 40.2 Å². The number of nitrogens with zero attached hydrogens (tertiary/aromatic N) is 1. The third-order valence-corrected chi connectivity index (χ3v) is 4.73. The minimum absolute atomic E-state index is 0.244. The van der Waals surface area contributed by atoms with Gasteiger partial charge in [-0.3, -0.25) is 0 Å². The molecule has 0 atom stereocenters. The van der Waals surface area contributed by atoms with Crippen molar-refractivity contribution >= 4 is 32.2 Å². The average molecular weight is 367 g/mol. The van der Waals surface area contributed by atoms with Crippen molar-refractivity contribution < 1.29 is 8.42 Å². The van der Waals surface area contributed by atoms with E-state index in [1.807, 2.05) is 37.3 Å². The molecule has 2 rings (SSSR count). The van der Waals surface area contributed by atoms with Crippen LogP contribution in [0.1, 0.15) is 16.7 Å². The standard InChI is InChI=1S/C15H15BrN2O2S/c1-11-6-7-12(2)15(8-11)21(19,20)18-17-10-13-4-3-5-14(16)9-13/h3-10,18H,1-2H3. The molecule has 2 aromatic carbocycles. The van der Waals surface area contributed by atoms with Crippen LogP contribution in [0.25, 0.3) is 0 Å². The van der Waals surface area contributed by atoms with Gasteiger partial charge in [-0.15, -0.1) is 0 Å². The Morgan fingerprint density at radius 2 is 1.90 bits per heavy atom. The number of sulfonamides is 1. The zero-order chi connectivity index (χ0) is 15.5. The Labute approximate surface area is 133 Å². The molecule has 2 aromatic rings. The van der Waals surface area contributed by atoms with Crippen molar-refractivity contribution in [2.75, 3.05) is 0 Å². The van der Waals surface area contributed by atoms with Crippen molar-refractivity contribution in [2.24, 2.45) is 5.10 Å². The maximum atomic E-state index is 12.2. The summed E-state index contributed by atoms with van der Waals surface area (Å²) in [6, 6.07) is 12.7. The van der Waals surface area contributed by atoms with Gasteiger partial charge in [0.25, 0.3) is 10.0 Å². The van der Waals surface area contributed by atoms with E-state index >= 15 is 0 Å². The number of halogens is 1. The van der Waals surface area contributed by atoms with Crippen molar-refractivity contribution in [3.05, 3.63) is 63.6 Å². The van der Waals surface area contributed by atoms with Crippen LogP contribution in [0.15, 0.2) is 56.9 Å². The number of aryl methyl sites for hydroxylation is 2. The molecule has 4 nitrogen and oxygen atoms in total. The summed E-state index contributed by atoms with van der Waals surface area (Å²) in [7, 11) is -3.65. The molecule has 110 valence electrons. The third kappa shape index (κ3) is 4.15. The molecule has 0 aromatic heterocycles. The van der Waals surface area contributed by atoms with Crippen LogP contribution in [-0.2, 0) is 10.0 Å². The fourth-order valence-electron chi connectivity index (χ4n) is 1.80. The highest BCUT2D eigenvalue weighted by Gasteiger charge is 2.15. The van der Waals surface area contributed by atoms with Crippen LogP contribution < -0.4 is 4.83 Å². The van der Waals surface area contributed by atoms with Gasteiger partial charge in [-0.05, 0) is 48.7 Å². The second-order valence-corrected chi connectivity index (χ2v) is 7.22. The van der Waals surface area contributed by atoms with Crippen LogP contribution in [0.5, 0.6) is 0 Å². The Bertz CT molecular complexity index is 786. The molecule has 0 saturated carbocycles. The zero-order valence-corrected chi connectivity index (χ0v) is 14.1. The minimum atomic E-state index is -3.65. The SMILES string of the molecule is Cc1ccc(C)c(S(=O)(=O)NN=Cc2cccc(Br)c2)c1. The third-order valence-electron chi connectivity index (χ3n) is 2.87. The highest BCUT2D eigenvalue weighted by Crippen LogP contribution is 2.16. The van der Waals surface area contributed by atoms with Gasteiger partial charge in [-0.25, -0.2) is 4.83 Å². The lowest BCUT2D eigenvalue weighted by Crippen LogP contribution is -2.19. The predicted molar refractivity (Wildman–Crippen MR) is 88.0 cm³/mol. The lowest BCUT2D eigenvalue weighted by atomic mass is 10.2. The highest BCUT2D eigenvalue weighted by molar-refractivity contribution is 9.10. The summed E-state index contributed by atoms with van der Waals surface area (Å²) in [4.78, 5) is 2.48. The Kier molecular flexibility index (Phi) is 4.80. The van der Waals surface area contributed by atoms with E-state index in [4.69, 9.17) is 0 Å². The van der Waals surface area contributed by atoms with Gasteiger partial charge in [-0.2, -0.15) is 13.5 Å².